The predicted molar refractivity (Wildman–Crippen MR) is 121 cm³/mol. The number of rotatable bonds is 7. The van der Waals surface area contributed by atoms with Crippen LogP contribution in [0.3, 0.4) is 0 Å². The molecule has 0 bridgehead atoms. The molecule has 1 unspecified atom stereocenters. The molecule has 0 aliphatic carbocycles. The minimum absolute atomic E-state index is 0.190. The van der Waals surface area contributed by atoms with Crippen LogP contribution in [-0.4, -0.2) is 57.6 Å². The van der Waals surface area contributed by atoms with Crippen LogP contribution in [0.15, 0.2) is 34.2 Å². The van der Waals surface area contributed by atoms with Crippen molar-refractivity contribution < 1.29 is 37.4 Å². The first-order chi connectivity index (χ1) is 15.2. The summed E-state index contributed by atoms with van der Waals surface area (Å²) in [4.78, 5) is 41.5. The molecule has 180 valence electrons. The molecule has 0 saturated heterocycles. The van der Waals surface area contributed by atoms with Gasteiger partial charge in [0.1, 0.15) is 0 Å². The maximum absolute atomic E-state index is 13.1. The van der Waals surface area contributed by atoms with Crippen molar-refractivity contribution in [2.75, 3.05) is 0 Å². The van der Waals surface area contributed by atoms with E-state index in [1.165, 1.54) is 13.1 Å². The van der Waals surface area contributed by atoms with E-state index in [1.54, 1.807) is 20.8 Å². The van der Waals surface area contributed by atoms with Crippen LogP contribution in [0, 0.1) is 0 Å². The summed E-state index contributed by atoms with van der Waals surface area (Å²) in [6.45, 7) is 6.35. The van der Waals surface area contributed by atoms with Gasteiger partial charge in [0.15, 0.2) is 0 Å². The Labute approximate surface area is 205 Å². The quantitative estimate of drug-likeness (QED) is 0.350. The van der Waals surface area contributed by atoms with Crippen molar-refractivity contribution in [3.8, 4) is 0 Å². The molecule has 0 spiro atoms. The number of aldehydes is 1. The van der Waals surface area contributed by atoms with Crippen LogP contribution in [0.25, 0.3) is 0 Å². The number of carbonyl (C=O) groups is 3. The van der Waals surface area contributed by atoms with Crippen LogP contribution in [0.1, 0.15) is 44.7 Å². The molecule has 3 atom stereocenters. The molecule has 0 radical (unpaired) electrons. The fourth-order valence-electron chi connectivity index (χ4n) is 2.87. The van der Waals surface area contributed by atoms with E-state index in [4.69, 9.17) is 4.74 Å². The molecule has 1 aromatic heterocycles. The van der Waals surface area contributed by atoms with Gasteiger partial charge in [0.25, 0.3) is 0 Å². The van der Waals surface area contributed by atoms with Gasteiger partial charge in [-0.3, -0.25) is 0 Å². The fourth-order valence-corrected chi connectivity index (χ4v) is 10.3. The van der Waals surface area contributed by atoms with Crippen LogP contribution in [0.5, 0.6) is 0 Å². The van der Waals surface area contributed by atoms with Crippen molar-refractivity contribution in [1.82, 2.24) is 8.80 Å². The van der Waals surface area contributed by atoms with Gasteiger partial charge in [-0.2, -0.15) is 0 Å². The van der Waals surface area contributed by atoms with Gasteiger partial charge in [-0.15, -0.1) is 0 Å². The Balaban J connectivity index is 2.51. The minimum atomic E-state index is -4.55. The number of thiazole rings is 1. The van der Waals surface area contributed by atoms with Gasteiger partial charge < -0.3 is 0 Å². The summed E-state index contributed by atoms with van der Waals surface area (Å²) < 4.78 is 45.2. The zero-order valence-electron chi connectivity index (χ0n) is 18.0. The Morgan fingerprint density at radius 2 is 1.82 bits per heavy atom. The topological polar surface area (TPSA) is 96.8 Å². The standard InChI is InChI=1S/C20H21AsBrF3N2O5S/c1-11(14(10-28)12-5-7-13(8-6-12)20(23,24)25)27(18(30)31)21(16-26-9-15(22)33-16)17(29)32-19(2,3)4/h5-11,14H,1-4H3,(H,30,31)/t11-,14+,21?/m0/s1. The number of halogens is 4. The molecule has 0 aliphatic heterocycles. The monoisotopic (exact) mass is 612 g/mol. The molecule has 1 amide bonds. The molecule has 1 heterocycles. The van der Waals surface area contributed by atoms with Crippen molar-refractivity contribution in [1.29, 1.82) is 0 Å². The van der Waals surface area contributed by atoms with Gasteiger partial charge in [0.05, 0.1) is 0 Å². The average Bonchev–Trinajstić information content (AvgIpc) is 3.10. The summed E-state index contributed by atoms with van der Waals surface area (Å²) in [5.41, 5.74) is -1.60. The number of carbonyl (C=O) groups excluding carboxylic acids is 2. The molecule has 13 heteroatoms. The SMILES string of the molecule is C[C@@H]([C@@H](C=O)c1ccc(C(F)(F)F)cc1)N(C(=O)O)[As](C(=O)OC(C)(C)C)c1ncc(Br)s1. The second-order valence-electron chi connectivity index (χ2n) is 7.89. The summed E-state index contributed by atoms with van der Waals surface area (Å²) >= 11 is 0.927. The Kier molecular flexibility index (Phi) is 8.75. The number of aromatic nitrogens is 1. The maximum atomic E-state index is 13.1. The van der Waals surface area contributed by atoms with E-state index in [-0.39, 0.29) is 9.36 Å². The molecule has 33 heavy (non-hydrogen) atoms. The second kappa shape index (κ2) is 10.6. The third-order valence-corrected chi connectivity index (χ3v) is 11.0. The number of benzene rings is 1. The number of nitrogens with zero attached hydrogens (tertiary/aromatic N) is 2. The van der Waals surface area contributed by atoms with Crippen LogP contribution in [0.2, 0.25) is 0 Å². The van der Waals surface area contributed by atoms with Gasteiger partial charge in [0.2, 0.25) is 0 Å². The van der Waals surface area contributed by atoms with E-state index in [9.17, 15) is 32.7 Å². The molecular formula is C20H21AsBrF3N2O5S. The zero-order chi connectivity index (χ0) is 25.1. The van der Waals surface area contributed by atoms with E-state index < -0.39 is 55.0 Å². The molecule has 2 rings (SSSR count). The Morgan fingerprint density at radius 1 is 1.24 bits per heavy atom. The van der Waals surface area contributed by atoms with Crippen LogP contribution >= 0.6 is 27.3 Å². The Bertz CT molecular complexity index is 1010. The third-order valence-electron chi connectivity index (χ3n) is 4.30. The third kappa shape index (κ3) is 7.04. The summed E-state index contributed by atoms with van der Waals surface area (Å²) in [6, 6.07) is 2.83. The Morgan fingerprint density at radius 3 is 2.21 bits per heavy atom. The first-order valence-corrected chi connectivity index (χ1v) is 13.8. The summed E-state index contributed by atoms with van der Waals surface area (Å²) in [6.07, 6.45) is -4.12. The summed E-state index contributed by atoms with van der Waals surface area (Å²) in [5, 5.41) is 10.0. The molecule has 0 aliphatic rings. The Hall–Kier alpha value is -1.91. The molecule has 0 saturated carbocycles. The molecule has 2 aromatic rings. The average molecular weight is 613 g/mol. The number of hydrogen-bond acceptors (Lipinski definition) is 6. The number of amides is 1. The van der Waals surface area contributed by atoms with E-state index >= 15 is 0 Å². The van der Waals surface area contributed by atoms with E-state index in [2.05, 4.69) is 20.9 Å². The summed E-state index contributed by atoms with van der Waals surface area (Å²) in [5.74, 6) is -1.12. The normalized spacial score (nSPS) is 14.8. The second-order valence-corrected chi connectivity index (χ2v) is 14.8. The fraction of sp³-hybridized carbons (Fsp3) is 0.400. The van der Waals surface area contributed by atoms with Crippen molar-refractivity contribution in [3.05, 3.63) is 45.4 Å². The van der Waals surface area contributed by atoms with Gasteiger partial charge in [-0.25, -0.2) is 0 Å². The van der Waals surface area contributed by atoms with Crippen molar-refractivity contribution in [2.24, 2.45) is 0 Å². The van der Waals surface area contributed by atoms with Crippen LogP contribution in [-0.2, 0) is 15.7 Å². The van der Waals surface area contributed by atoms with E-state index in [1.807, 2.05) is 0 Å². The molecule has 7 nitrogen and oxygen atoms in total. The summed E-state index contributed by atoms with van der Waals surface area (Å²) in [7, 11) is 0. The van der Waals surface area contributed by atoms with Crippen molar-refractivity contribution in [2.45, 2.75) is 51.4 Å². The molecule has 1 N–H and O–H groups in total. The van der Waals surface area contributed by atoms with Crippen LogP contribution in [0.4, 0.5) is 22.8 Å². The van der Waals surface area contributed by atoms with Gasteiger partial charge in [0, 0.05) is 0 Å². The van der Waals surface area contributed by atoms with Crippen LogP contribution < -0.4 is 3.80 Å². The predicted octanol–water partition coefficient (Wildman–Crippen LogP) is 4.99. The molecule has 1 aromatic carbocycles. The zero-order valence-corrected chi connectivity index (χ0v) is 22.2. The number of hydrogen-bond donors (Lipinski definition) is 1. The number of alkyl halides is 3. The molecule has 0 fully saturated rings. The van der Waals surface area contributed by atoms with Gasteiger partial charge in [-0.05, 0) is 0 Å². The van der Waals surface area contributed by atoms with Gasteiger partial charge >= 0.3 is 206 Å². The molecular weight excluding hydrogens is 592 g/mol. The first kappa shape index (κ1) is 27.3. The number of ether oxygens (including phenoxy) is 1. The van der Waals surface area contributed by atoms with Crippen molar-refractivity contribution in [3.63, 3.8) is 0 Å². The van der Waals surface area contributed by atoms with E-state index in [0.29, 0.717) is 10.1 Å². The first-order valence-electron chi connectivity index (χ1n) is 9.44. The number of carboxylic acid groups (broad SMARTS) is 1. The van der Waals surface area contributed by atoms with E-state index in [0.717, 1.165) is 39.4 Å². The van der Waals surface area contributed by atoms with Gasteiger partial charge in [-0.1, -0.05) is 0 Å². The van der Waals surface area contributed by atoms with Crippen molar-refractivity contribution >= 4 is 63.1 Å².